The molecule has 0 atom stereocenters. The Labute approximate surface area is 183 Å². The Bertz CT molecular complexity index is 1550. The molecule has 31 heavy (non-hydrogen) atoms. The molecule has 0 unspecified atom stereocenters. The zero-order valence-electron chi connectivity index (χ0n) is 17.0. The molecule has 6 rings (SSSR count). The van der Waals surface area contributed by atoms with Gasteiger partial charge in [0.25, 0.3) is 5.56 Å². The van der Waals surface area contributed by atoms with Crippen LogP contribution in [0.15, 0.2) is 53.3 Å². The first-order valence-corrected chi connectivity index (χ1v) is 11.0. The van der Waals surface area contributed by atoms with Crippen molar-refractivity contribution in [2.75, 3.05) is 0 Å². The molecular formula is C24H20ClN5O. The van der Waals surface area contributed by atoms with Crippen molar-refractivity contribution in [2.24, 2.45) is 0 Å². The van der Waals surface area contributed by atoms with Crippen molar-refractivity contribution in [1.29, 1.82) is 0 Å². The normalized spacial score (nSPS) is 14.9. The predicted molar refractivity (Wildman–Crippen MR) is 123 cm³/mol. The summed E-state index contributed by atoms with van der Waals surface area (Å²) < 4.78 is 3.78. The smallest absolute Gasteiger partial charge is 0.265 e. The lowest BCUT2D eigenvalue weighted by atomic mass is 10.2. The molecule has 3 heterocycles. The van der Waals surface area contributed by atoms with Gasteiger partial charge in [-0.15, -0.1) is 0 Å². The second kappa shape index (κ2) is 6.89. The van der Waals surface area contributed by atoms with Gasteiger partial charge in [-0.2, -0.15) is 0 Å². The Balaban J connectivity index is 1.80. The number of nitrogens with zero attached hydrogens (tertiary/aromatic N) is 5. The van der Waals surface area contributed by atoms with Crippen molar-refractivity contribution in [1.82, 2.24) is 24.1 Å². The standard InChI is InChI=1S/C24H20ClN5O/c1-14-26-22-20(24(31)29(14)16-8-2-3-9-16)21-23(28-19-12-5-4-11-18(19)27-21)30(22)17-10-6-7-15(25)13-17/h4-7,10-13,16H,2-3,8-9H2,1H3. The Kier molecular flexibility index (Phi) is 4.11. The lowest BCUT2D eigenvalue weighted by molar-refractivity contribution is 0.485. The van der Waals surface area contributed by atoms with Gasteiger partial charge in [-0.1, -0.05) is 42.6 Å². The number of hydrogen-bond donors (Lipinski definition) is 0. The fourth-order valence-electron chi connectivity index (χ4n) is 4.86. The molecule has 3 aromatic heterocycles. The van der Waals surface area contributed by atoms with Gasteiger partial charge in [0, 0.05) is 11.1 Å². The molecule has 5 aromatic rings. The van der Waals surface area contributed by atoms with E-state index < -0.39 is 0 Å². The van der Waals surface area contributed by atoms with Crippen LogP contribution in [-0.4, -0.2) is 24.1 Å². The number of para-hydroxylation sites is 2. The summed E-state index contributed by atoms with van der Waals surface area (Å²) in [7, 11) is 0. The Morgan fingerprint density at radius 1 is 0.935 bits per heavy atom. The van der Waals surface area contributed by atoms with Gasteiger partial charge in [-0.05, 0) is 50.1 Å². The molecular weight excluding hydrogens is 410 g/mol. The number of rotatable bonds is 2. The van der Waals surface area contributed by atoms with E-state index in [9.17, 15) is 4.79 Å². The summed E-state index contributed by atoms with van der Waals surface area (Å²) in [6.07, 6.45) is 4.30. The highest BCUT2D eigenvalue weighted by atomic mass is 35.5. The van der Waals surface area contributed by atoms with E-state index in [1.54, 1.807) is 0 Å². The maximum atomic E-state index is 13.8. The largest absolute Gasteiger partial charge is 0.293 e. The summed E-state index contributed by atoms with van der Waals surface area (Å²) >= 11 is 6.30. The van der Waals surface area contributed by atoms with E-state index in [1.165, 1.54) is 0 Å². The second-order valence-electron chi connectivity index (χ2n) is 8.17. The Morgan fingerprint density at radius 2 is 1.68 bits per heavy atom. The zero-order valence-corrected chi connectivity index (χ0v) is 17.8. The quantitative estimate of drug-likeness (QED) is 0.379. The average molecular weight is 430 g/mol. The highest BCUT2D eigenvalue weighted by Gasteiger charge is 2.26. The van der Waals surface area contributed by atoms with Gasteiger partial charge < -0.3 is 0 Å². The van der Waals surface area contributed by atoms with Crippen LogP contribution in [0.5, 0.6) is 0 Å². The summed E-state index contributed by atoms with van der Waals surface area (Å²) in [6, 6.07) is 15.4. The third-order valence-corrected chi connectivity index (χ3v) is 6.48. The monoisotopic (exact) mass is 429 g/mol. The number of aromatic nitrogens is 5. The summed E-state index contributed by atoms with van der Waals surface area (Å²) in [5.74, 6) is 0.722. The number of hydrogen-bond acceptors (Lipinski definition) is 4. The van der Waals surface area contributed by atoms with E-state index in [1.807, 2.05) is 64.6 Å². The molecule has 1 fully saturated rings. The summed E-state index contributed by atoms with van der Waals surface area (Å²) in [5, 5.41) is 1.13. The van der Waals surface area contributed by atoms with Crippen LogP contribution in [0.1, 0.15) is 37.5 Å². The molecule has 0 aliphatic heterocycles. The SMILES string of the molecule is Cc1nc2c(c(=O)n1C1CCCC1)c1nc3ccccc3nc1n2-c1cccc(Cl)c1. The van der Waals surface area contributed by atoms with Crippen LogP contribution in [0.3, 0.4) is 0 Å². The number of fused-ring (bicyclic) bond motifs is 4. The number of benzene rings is 2. The molecule has 0 radical (unpaired) electrons. The maximum absolute atomic E-state index is 13.8. The zero-order chi connectivity index (χ0) is 21.1. The second-order valence-corrected chi connectivity index (χ2v) is 8.61. The van der Waals surface area contributed by atoms with E-state index in [0.717, 1.165) is 48.2 Å². The molecule has 0 N–H and O–H groups in total. The van der Waals surface area contributed by atoms with Crippen LogP contribution in [0, 0.1) is 6.92 Å². The molecule has 1 aliphatic carbocycles. The van der Waals surface area contributed by atoms with Crippen LogP contribution >= 0.6 is 11.6 Å². The maximum Gasteiger partial charge on any atom is 0.265 e. The lowest BCUT2D eigenvalue weighted by Gasteiger charge is -2.16. The highest BCUT2D eigenvalue weighted by Crippen LogP contribution is 2.33. The lowest BCUT2D eigenvalue weighted by Crippen LogP contribution is -2.27. The predicted octanol–water partition coefficient (Wildman–Crippen LogP) is 5.36. The first-order chi connectivity index (χ1) is 15.1. The summed E-state index contributed by atoms with van der Waals surface area (Å²) in [4.78, 5) is 28.5. The van der Waals surface area contributed by atoms with Gasteiger partial charge >= 0.3 is 0 Å². The van der Waals surface area contributed by atoms with Crippen molar-refractivity contribution >= 4 is 44.8 Å². The highest BCUT2D eigenvalue weighted by molar-refractivity contribution is 6.30. The van der Waals surface area contributed by atoms with Gasteiger partial charge in [0.1, 0.15) is 16.7 Å². The fraction of sp³-hybridized carbons (Fsp3) is 0.250. The van der Waals surface area contributed by atoms with Gasteiger partial charge in [-0.25, -0.2) is 15.0 Å². The van der Waals surface area contributed by atoms with Gasteiger partial charge in [-0.3, -0.25) is 13.9 Å². The minimum Gasteiger partial charge on any atom is -0.293 e. The fourth-order valence-corrected chi connectivity index (χ4v) is 5.05. The first-order valence-electron chi connectivity index (χ1n) is 10.6. The van der Waals surface area contributed by atoms with Gasteiger partial charge in [0.2, 0.25) is 0 Å². The third-order valence-electron chi connectivity index (χ3n) is 6.24. The minimum absolute atomic E-state index is 0.0373. The molecule has 7 heteroatoms. The minimum atomic E-state index is -0.0373. The molecule has 6 nitrogen and oxygen atoms in total. The first kappa shape index (κ1) is 18.5. The van der Waals surface area contributed by atoms with E-state index in [-0.39, 0.29) is 11.6 Å². The van der Waals surface area contributed by atoms with Crippen LogP contribution in [0.2, 0.25) is 5.02 Å². The number of halogens is 1. The third kappa shape index (κ3) is 2.78. The topological polar surface area (TPSA) is 65.6 Å². The van der Waals surface area contributed by atoms with Crippen molar-refractivity contribution in [3.8, 4) is 5.69 Å². The molecule has 0 bridgehead atoms. The molecule has 0 amide bonds. The number of aryl methyl sites for hydroxylation is 1. The van der Waals surface area contributed by atoms with Gasteiger partial charge in [0.05, 0.1) is 16.7 Å². The van der Waals surface area contributed by atoms with E-state index in [4.69, 9.17) is 26.6 Å². The van der Waals surface area contributed by atoms with Gasteiger partial charge in [0.15, 0.2) is 11.3 Å². The van der Waals surface area contributed by atoms with E-state index >= 15 is 0 Å². The average Bonchev–Trinajstić information content (AvgIpc) is 3.38. The molecule has 0 spiro atoms. The molecule has 0 saturated heterocycles. The molecule has 154 valence electrons. The van der Waals surface area contributed by atoms with Crippen LogP contribution in [-0.2, 0) is 0 Å². The van der Waals surface area contributed by atoms with Crippen LogP contribution in [0.4, 0.5) is 0 Å². The molecule has 2 aromatic carbocycles. The molecule has 1 aliphatic rings. The van der Waals surface area contributed by atoms with Crippen molar-refractivity contribution < 1.29 is 0 Å². The van der Waals surface area contributed by atoms with Crippen molar-refractivity contribution in [2.45, 2.75) is 38.6 Å². The Hall–Kier alpha value is -3.25. The van der Waals surface area contributed by atoms with Crippen molar-refractivity contribution in [3.63, 3.8) is 0 Å². The van der Waals surface area contributed by atoms with Crippen LogP contribution < -0.4 is 5.56 Å². The van der Waals surface area contributed by atoms with Crippen LogP contribution in [0.25, 0.3) is 38.9 Å². The summed E-state index contributed by atoms with van der Waals surface area (Å²) in [5.41, 5.74) is 4.07. The Morgan fingerprint density at radius 3 is 2.42 bits per heavy atom. The molecule has 1 saturated carbocycles. The van der Waals surface area contributed by atoms with Crippen molar-refractivity contribution in [3.05, 3.63) is 69.7 Å². The van der Waals surface area contributed by atoms with E-state index in [2.05, 4.69) is 0 Å². The summed E-state index contributed by atoms with van der Waals surface area (Å²) in [6.45, 7) is 1.91. The van der Waals surface area contributed by atoms with E-state index in [0.29, 0.717) is 27.2 Å².